The molecule has 0 atom stereocenters. The minimum Gasteiger partial charge on any atom is -0.504 e. The van der Waals surface area contributed by atoms with Crippen molar-refractivity contribution in [2.45, 2.75) is 76.4 Å². The van der Waals surface area contributed by atoms with Crippen LogP contribution in [0, 0.1) is 47.3 Å². The number of ether oxygens (including phenoxy) is 2. The zero-order chi connectivity index (χ0) is 21.8. The summed E-state index contributed by atoms with van der Waals surface area (Å²) in [5, 5.41) is 9.14. The summed E-state index contributed by atoms with van der Waals surface area (Å²) in [5.74, 6) is 8.54. The molecule has 8 aliphatic carbocycles. The van der Waals surface area contributed by atoms with Crippen molar-refractivity contribution in [1.82, 2.24) is 0 Å². The van der Waals surface area contributed by atoms with E-state index in [0.29, 0.717) is 29.8 Å². The van der Waals surface area contributed by atoms with Gasteiger partial charge in [0.15, 0.2) is 11.5 Å². The van der Waals surface area contributed by atoms with Crippen LogP contribution >= 0.6 is 0 Å². The van der Waals surface area contributed by atoms with E-state index < -0.39 is 0 Å². The largest absolute Gasteiger partial charge is 0.504 e. The van der Waals surface area contributed by atoms with Crippen molar-refractivity contribution < 1.29 is 19.4 Å². The second-order valence-electron chi connectivity index (χ2n) is 12.0. The number of phenolic OH excluding ortho intramolecular Hbond substituents is 1. The Kier molecular flexibility index (Phi) is 5.48. The fraction of sp³-hybridized carbons (Fsp3) is 0.750. The maximum Gasteiger partial charge on any atom is 0.160 e. The number of aromatic hydroxyl groups is 1. The lowest BCUT2D eigenvalue weighted by molar-refractivity contribution is -0.207. The van der Waals surface area contributed by atoms with Crippen LogP contribution in [0.3, 0.4) is 0 Å². The van der Waals surface area contributed by atoms with Crippen LogP contribution in [-0.2, 0) is 4.74 Å². The van der Waals surface area contributed by atoms with Crippen LogP contribution in [0.5, 0.6) is 11.5 Å². The van der Waals surface area contributed by atoms with E-state index in [0.717, 1.165) is 47.3 Å². The third-order valence-electron chi connectivity index (χ3n) is 9.93. The summed E-state index contributed by atoms with van der Waals surface area (Å²) in [5.41, 5.74) is 0.434. The number of carbonyl (C=O) groups excluding carboxylic acids is 1. The van der Waals surface area contributed by atoms with Crippen molar-refractivity contribution in [3.05, 3.63) is 23.8 Å². The van der Waals surface area contributed by atoms with Crippen molar-refractivity contribution in [2.24, 2.45) is 47.3 Å². The van der Waals surface area contributed by atoms with Crippen LogP contribution in [-0.4, -0.2) is 30.7 Å². The number of carbonyl (C=O) groups is 1. The third-order valence-corrected chi connectivity index (χ3v) is 9.93. The van der Waals surface area contributed by atoms with Crippen LogP contribution in [0.1, 0.15) is 74.6 Å². The van der Waals surface area contributed by atoms with Crippen LogP contribution < -0.4 is 4.74 Å². The Bertz CT molecular complexity index is 752. The first-order valence-electron chi connectivity index (χ1n) is 13.1. The number of hydrogen-bond donors (Lipinski definition) is 1. The van der Waals surface area contributed by atoms with Gasteiger partial charge in [-0.2, -0.15) is 0 Å². The van der Waals surface area contributed by atoms with Gasteiger partial charge in [0.1, 0.15) is 6.29 Å². The van der Waals surface area contributed by atoms with Gasteiger partial charge in [0.2, 0.25) is 0 Å². The van der Waals surface area contributed by atoms with Crippen LogP contribution in [0.25, 0.3) is 0 Å². The fourth-order valence-electron chi connectivity index (χ4n) is 9.16. The SMILES string of the molecule is C1C2CC3CC1CC(C2)C3OC1C2CC3CC(C2)CC1C3.COc1ccc(C=O)cc1O. The molecule has 4 heteroatoms. The molecular weight excluding hydrogens is 400 g/mol. The number of rotatable bonds is 4. The summed E-state index contributed by atoms with van der Waals surface area (Å²) in [6.45, 7) is 0. The van der Waals surface area contributed by atoms with E-state index in [2.05, 4.69) is 0 Å². The highest BCUT2D eigenvalue weighted by molar-refractivity contribution is 5.76. The predicted molar refractivity (Wildman–Crippen MR) is 123 cm³/mol. The van der Waals surface area contributed by atoms with E-state index in [1.807, 2.05) is 0 Å². The lowest BCUT2D eigenvalue weighted by atomic mass is 9.53. The van der Waals surface area contributed by atoms with Crippen LogP contribution in [0.2, 0.25) is 0 Å². The second kappa shape index (κ2) is 8.34. The molecule has 4 nitrogen and oxygen atoms in total. The molecule has 0 aliphatic heterocycles. The molecule has 0 aromatic heterocycles. The van der Waals surface area contributed by atoms with Crippen LogP contribution in [0.15, 0.2) is 18.2 Å². The number of methoxy groups -OCH3 is 1. The predicted octanol–water partition coefficient (Wildman–Crippen LogP) is 5.87. The smallest absolute Gasteiger partial charge is 0.160 e. The van der Waals surface area contributed by atoms with Gasteiger partial charge >= 0.3 is 0 Å². The molecule has 1 aromatic carbocycles. The van der Waals surface area contributed by atoms with Gasteiger partial charge in [-0.1, -0.05) is 0 Å². The molecular formula is C28H38O4. The van der Waals surface area contributed by atoms with Gasteiger partial charge in [-0.05, 0) is 130 Å². The summed E-state index contributed by atoms with van der Waals surface area (Å²) in [4.78, 5) is 10.2. The van der Waals surface area contributed by atoms with E-state index in [1.54, 1.807) is 25.0 Å². The van der Waals surface area contributed by atoms with Gasteiger partial charge < -0.3 is 14.6 Å². The van der Waals surface area contributed by atoms with E-state index in [1.165, 1.54) is 64.5 Å². The Morgan fingerprint density at radius 2 is 1.19 bits per heavy atom. The summed E-state index contributed by atoms with van der Waals surface area (Å²) in [6, 6.07) is 4.47. The summed E-state index contributed by atoms with van der Waals surface area (Å²) < 4.78 is 11.8. The summed E-state index contributed by atoms with van der Waals surface area (Å²) in [6.07, 6.45) is 17.3. The highest BCUT2D eigenvalue weighted by Gasteiger charge is 2.53. The highest BCUT2D eigenvalue weighted by Crippen LogP contribution is 2.58. The molecule has 1 aromatic rings. The molecule has 8 aliphatic rings. The normalized spacial score (nSPS) is 44.8. The minimum absolute atomic E-state index is 0.0166. The molecule has 8 bridgehead atoms. The third kappa shape index (κ3) is 3.77. The number of phenols is 1. The molecule has 0 unspecified atom stereocenters. The molecule has 0 amide bonds. The van der Waals surface area contributed by atoms with Gasteiger partial charge in [-0.3, -0.25) is 4.79 Å². The van der Waals surface area contributed by atoms with Crippen molar-refractivity contribution in [2.75, 3.05) is 7.11 Å². The fourth-order valence-corrected chi connectivity index (χ4v) is 9.16. The summed E-state index contributed by atoms with van der Waals surface area (Å²) >= 11 is 0. The quantitative estimate of drug-likeness (QED) is 0.598. The first-order chi connectivity index (χ1) is 15.6. The lowest BCUT2D eigenvalue weighted by Crippen LogP contribution is -2.55. The molecule has 0 saturated heterocycles. The Morgan fingerprint density at radius 3 is 1.53 bits per heavy atom. The lowest BCUT2D eigenvalue weighted by Gasteiger charge is -2.58. The topological polar surface area (TPSA) is 55.8 Å². The van der Waals surface area contributed by atoms with E-state index in [4.69, 9.17) is 14.6 Å². The average molecular weight is 439 g/mol. The average Bonchev–Trinajstić information content (AvgIpc) is 2.77. The molecule has 0 spiro atoms. The van der Waals surface area contributed by atoms with Crippen LogP contribution in [0.4, 0.5) is 0 Å². The zero-order valence-electron chi connectivity index (χ0n) is 19.3. The molecule has 0 radical (unpaired) electrons. The van der Waals surface area contributed by atoms with E-state index in [-0.39, 0.29) is 5.75 Å². The molecule has 8 fully saturated rings. The number of hydrogen-bond acceptors (Lipinski definition) is 4. The zero-order valence-corrected chi connectivity index (χ0v) is 19.3. The molecule has 32 heavy (non-hydrogen) atoms. The molecule has 1 N–H and O–H groups in total. The standard InChI is InChI=1S/C20H30O.C8H8O3/c1-11-3-15-5-12(1)6-16(4-11)19(15)21-20-17-7-13-2-14(9-17)10-18(20)8-13;1-11-8-3-2-6(5-9)4-7(8)10/h11-20H,1-10H2;2-5,10H,1H3. The van der Waals surface area contributed by atoms with Gasteiger partial charge in [-0.15, -0.1) is 0 Å². The summed E-state index contributed by atoms with van der Waals surface area (Å²) in [7, 11) is 1.45. The van der Waals surface area contributed by atoms with Gasteiger partial charge in [-0.25, -0.2) is 0 Å². The number of aldehydes is 1. The van der Waals surface area contributed by atoms with E-state index in [9.17, 15) is 4.79 Å². The molecule has 8 saturated carbocycles. The van der Waals surface area contributed by atoms with Crippen molar-refractivity contribution in [3.63, 3.8) is 0 Å². The van der Waals surface area contributed by atoms with Crippen molar-refractivity contribution >= 4 is 6.29 Å². The highest BCUT2D eigenvalue weighted by atomic mass is 16.5. The van der Waals surface area contributed by atoms with Gasteiger partial charge in [0.05, 0.1) is 19.3 Å². The first-order valence-corrected chi connectivity index (χ1v) is 13.1. The van der Waals surface area contributed by atoms with Crippen molar-refractivity contribution in [1.29, 1.82) is 0 Å². The van der Waals surface area contributed by atoms with Gasteiger partial charge in [0, 0.05) is 5.56 Å². The Balaban J connectivity index is 0.000000153. The molecule has 174 valence electrons. The minimum atomic E-state index is -0.0166. The molecule has 9 rings (SSSR count). The monoisotopic (exact) mass is 438 g/mol. The Labute approximate surface area is 192 Å². The van der Waals surface area contributed by atoms with Crippen molar-refractivity contribution in [3.8, 4) is 11.5 Å². The first kappa shape index (κ1) is 21.0. The van der Waals surface area contributed by atoms with E-state index >= 15 is 0 Å². The Hall–Kier alpha value is -1.55. The molecule has 0 heterocycles. The second-order valence-corrected chi connectivity index (χ2v) is 12.0. The maximum atomic E-state index is 10.2. The number of benzene rings is 1. The Morgan fingerprint density at radius 1 is 0.750 bits per heavy atom. The van der Waals surface area contributed by atoms with Gasteiger partial charge in [0.25, 0.3) is 0 Å². The maximum absolute atomic E-state index is 10.2.